The maximum Gasteiger partial charge on any atom is 0.256 e. The van der Waals surface area contributed by atoms with E-state index in [1.165, 1.54) is 0 Å². The number of hydrogen-bond donors (Lipinski definition) is 2. The minimum absolute atomic E-state index is 0.132. The molecule has 104 valence electrons. The molecule has 0 heterocycles. The van der Waals surface area contributed by atoms with E-state index in [0.717, 1.165) is 24.9 Å². The van der Waals surface area contributed by atoms with Gasteiger partial charge < -0.3 is 11.1 Å². The summed E-state index contributed by atoms with van der Waals surface area (Å²) in [5.74, 6) is -0.132. The molecule has 0 saturated carbocycles. The highest BCUT2D eigenvalue weighted by Gasteiger charge is 2.14. The molecule has 3 N–H and O–H groups in total. The van der Waals surface area contributed by atoms with E-state index in [1.807, 2.05) is 44.2 Å². The number of halogens is 2. The molecule has 2 aromatic rings. The summed E-state index contributed by atoms with van der Waals surface area (Å²) in [7, 11) is 0. The lowest BCUT2D eigenvalue weighted by Gasteiger charge is -2.14. The van der Waals surface area contributed by atoms with E-state index in [4.69, 9.17) is 5.73 Å². The third-order valence-corrected chi connectivity index (χ3v) is 4.56. The molecule has 2 rings (SSSR count). The molecule has 2 aromatic carbocycles. The second kappa shape index (κ2) is 6.13. The molecule has 0 aliphatic rings. The first-order chi connectivity index (χ1) is 9.40. The van der Waals surface area contributed by atoms with Gasteiger partial charge in [0.25, 0.3) is 5.91 Å². The van der Waals surface area contributed by atoms with E-state index in [9.17, 15) is 4.79 Å². The highest BCUT2D eigenvalue weighted by Crippen LogP contribution is 2.27. The molecule has 5 heteroatoms. The van der Waals surface area contributed by atoms with Crippen LogP contribution in [-0.4, -0.2) is 5.91 Å². The predicted octanol–water partition coefficient (Wildman–Crippen LogP) is 4.51. The molecule has 0 aliphatic heterocycles. The fourth-order valence-electron chi connectivity index (χ4n) is 1.91. The van der Waals surface area contributed by atoms with E-state index in [1.54, 1.807) is 0 Å². The van der Waals surface area contributed by atoms with Crippen LogP contribution in [0, 0.1) is 17.4 Å². The van der Waals surface area contributed by atoms with Crippen LogP contribution in [0.15, 0.2) is 34.8 Å². The molecule has 0 atom stereocenters. The van der Waals surface area contributed by atoms with Gasteiger partial charge in [-0.05, 0) is 71.8 Å². The zero-order valence-electron chi connectivity index (χ0n) is 11.1. The van der Waals surface area contributed by atoms with Gasteiger partial charge in [0.2, 0.25) is 0 Å². The Kier molecular flexibility index (Phi) is 4.70. The van der Waals surface area contributed by atoms with Gasteiger partial charge in [0.15, 0.2) is 0 Å². The Morgan fingerprint density at radius 2 is 1.95 bits per heavy atom. The standard InChI is InChI=1S/C15H14BrIN2O/c1-8-3-6-13(18)9(2)14(8)19-15(20)11-7-10(16)4-5-12(11)17/h3-7H,18H2,1-2H3,(H,19,20). The zero-order chi connectivity index (χ0) is 14.9. The average Bonchev–Trinajstić information content (AvgIpc) is 2.41. The molecular weight excluding hydrogens is 431 g/mol. The summed E-state index contributed by atoms with van der Waals surface area (Å²) in [6, 6.07) is 9.38. The van der Waals surface area contributed by atoms with E-state index >= 15 is 0 Å². The van der Waals surface area contributed by atoms with Crippen LogP contribution in [0.4, 0.5) is 11.4 Å². The summed E-state index contributed by atoms with van der Waals surface area (Å²) < 4.78 is 1.78. The number of anilines is 2. The third kappa shape index (κ3) is 3.15. The number of hydrogen-bond acceptors (Lipinski definition) is 2. The van der Waals surface area contributed by atoms with Gasteiger partial charge in [-0.15, -0.1) is 0 Å². The zero-order valence-corrected chi connectivity index (χ0v) is 14.9. The maximum absolute atomic E-state index is 12.4. The highest BCUT2D eigenvalue weighted by molar-refractivity contribution is 14.1. The Labute approximate surface area is 140 Å². The molecule has 3 nitrogen and oxygen atoms in total. The van der Waals surface area contributed by atoms with Crippen LogP contribution in [0.5, 0.6) is 0 Å². The van der Waals surface area contributed by atoms with Crippen LogP contribution in [0.3, 0.4) is 0 Å². The molecule has 0 bridgehead atoms. The number of carbonyl (C=O) groups is 1. The van der Waals surface area contributed by atoms with Crippen molar-refractivity contribution >= 4 is 55.8 Å². The molecular formula is C15H14BrIN2O. The molecule has 0 aliphatic carbocycles. The first kappa shape index (κ1) is 15.3. The Bertz CT molecular complexity index is 686. The van der Waals surface area contributed by atoms with Gasteiger partial charge in [0.1, 0.15) is 0 Å². The average molecular weight is 445 g/mol. The highest BCUT2D eigenvalue weighted by atomic mass is 127. The molecule has 0 spiro atoms. The van der Waals surface area contributed by atoms with E-state index < -0.39 is 0 Å². The minimum Gasteiger partial charge on any atom is -0.398 e. The number of nitrogens with one attached hydrogen (secondary N) is 1. The van der Waals surface area contributed by atoms with Crippen molar-refractivity contribution in [1.29, 1.82) is 0 Å². The number of amides is 1. The van der Waals surface area contributed by atoms with Crippen LogP contribution >= 0.6 is 38.5 Å². The van der Waals surface area contributed by atoms with Crippen LogP contribution < -0.4 is 11.1 Å². The van der Waals surface area contributed by atoms with Gasteiger partial charge in [-0.1, -0.05) is 22.0 Å². The minimum atomic E-state index is -0.132. The van der Waals surface area contributed by atoms with Gasteiger partial charge in [-0.2, -0.15) is 0 Å². The van der Waals surface area contributed by atoms with Crippen molar-refractivity contribution in [1.82, 2.24) is 0 Å². The van der Waals surface area contributed by atoms with E-state index in [-0.39, 0.29) is 5.91 Å². The molecule has 0 fully saturated rings. The lowest BCUT2D eigenvalue weighted by molar-refractivity contribution is 0.102. The quantitative estimate of drug-likeness (QED) is 0.529. The van der Waals surface area contributed by atoms with Gasteiger partial charge >= 0.3 is 0 Å². The first-order valence-corrected chi connectivity index (χ1v) is 7.89. The van der Waals surface area contributed by atoms with Crippen LogP contribution in [0.2, 0.25) is 0 Å². The SMILES string of the molecule is Cc1ccc(N)c(C)c1NC(=O)c1cc(Br)ccc1I. The lowest BCUT2D eigenvalue weighted by Crippen LogP contribution is -2.15. The summed E-state index contributed by atoms with van der Waals surface area (Å²) >= 11 is 5.54. The van der Waals surface area contributed by atoms with Crippen molar-refractivity contribution in [3.8, 4) is 0 Å². The van der Waals surface area contributed by atoms with Gasteiger partial charge in [0.05, 0.1) is 5.56 Å². The number of aryl methyl sites for hydroxylation is 1. The lowest BCUT2D eigenvalue weighted by atomic mass is 10.1. The molecule has 0 aromatic heterocycles. The van der Waals surface area contributed by atoms with Crippen molar-refractivity contribution in [3.05, 3.63) is 55.1 Å². The molecule has 0 radical (unpaired) electrons. The van der Waals surface area contributed by atoms with E-state index in [0.29, 0.717) is 11.3 Å². The van der Waals surface area contributed by atoms with Crippen molar-refractivity contribution in [2.75, 3.05) is 11.1 Å². The Balaban J connectivity index is 2.38. The number of benzene rings is 2. The van der Waals surface area contributed by atoms with Crippen LogP contribution in [0.1, 0.15) is 21.5 Å². The normalized spacial score (nSPS) is 10.4. The Hall–Kier alpha value is -1.08. The van der Waals surface area contributed by atoms with Gasteiger partial charge in [-0.3, -0.25) is 4.79 Å². The Morgan fingerprint density at radius 1 is 1.25 bits per heavy atom. The van der Waals surface area contributed by atoms with Gasteiger partial charge in [-0.25, -0.2) is 0 Å². The summed E-state index contributed by atoms with van der Waals surface area (Å²) in [6.45, 7) is 3.86. The smallest absolute Gasteiger partial charge is 0.256 e. The third-order valence-electron chi connectivity index (χ3n) is 3.13. The maximum atomic E-state index is 12.4. The molecule has 0 saturated heterocycles. The Morgan fingerprint density at radius 3 is 2.65 bits per heavy atom. The summed E-state index contributed by atoms with van der Waals surface area (Å²) in [5.41, 5.74) is 9.88. The van der Waals surface area contributed by atoms with Gasteiger partial charge in [0, 0.05) is 19.4 Å². The van der Waals surface area contributed by atoms with Crippen molar-refractivity contribution in [2.24, 2.45) is 0 Å². The fourth-order valence-corrected chi connectivity index (χ4v) is 2.85. The second-order valence-electron chi connectivity index (χ2n) is 4.55. The molecule has 0 unspecified atom stereocenters. The van der Waals surface area contributed by atoms with Crippen molar-refractivity contribution < 1.29 is 4.79 Å². The number of nitrogens with two attached hydrogens (primary N) is 1. The van der Waals surface area contributed by atoms with E-state index in [2.05, 4.69) is 43.8 Å². The number of nitrogen functional groups attached to an aromatic ring is 1. The monoisotopic (exact) mass is 444 g/mol. The summed E-state index contributed by atoms with van der Waals surface area (Å²) in [6.07, 6.45) is 0. The molecule has 20 heavy (non-hydrogen) atoms. The van der Waals surface area contributed by atoms with Crippen LogP contribution in [0.25, 0.3) is 0 Å². The summed E-state index contributed by atoms with van der Waals surface area (Å²) in [4.78, 5) is 12.4. The number of rotatable bonds is 2. The predicted molar refractivity (Wildman–Crippen MR) is 95.1 cm³/mol. The largest absolute Gasteiger partial charge is 0.398 e. The first-order valence-electron chi connectivity index (χ1n) is 6.02. The second-order valence-corrected chi connectivity index (χ2v) is 6.63. The van der Waals surface area contributed by atoms with Crippen LogP contribution in [-0.2, 0) is 0 Å². The summed E-state index contributed by atoms with van der Waals surface area (Å²) in [5, 5.41) is 2.96. The number of carbonyl (C=O) groups excluding carboxylic acids is 1. The van der Waals surface area contributed by atoms with Crippen molar-refractivity contribution in [3.63, 3.8) is 0 Å². The molecule has 1 amide bonds. The van der Waals surface area contributed by atoms with Crippen molar-refractivity contribution in [2.45, 2.75) is 13.8 Å². The topological polar surface area (TPSA) is 55.1 Å². The fraction of sp³-hybridized carbons (Fsp3) is 0.133.